The predicted molar refractivity (Wildman–Crippen MR) is 47.6 cm³/mol. The fourth-order valence-corrected chi connectivity index (χ4v) is 4.26. The van der Waals surface area contributed by atoms with Crippen LogP contribution in [0.2, 0.25) is 0 Å². The Hall–Kier alpha value is -0.0400. The minimum atomic E-state index is 0.0231. The number of hydrogen-bond acceptors (Lipinski definition) is 1. The van der Waals surface area contributed by atoms with Gasteiger partial charge in [0.05, 0.1) is 6.10 Å². The van der Waals surface area contributed by atoms with Crippen molar-refractivity contribution >= 4 is 0 Å². The molecule has 4 saturated carbocycles. The van der Waals surface area contributed by atoms with E-state index in [1.807, 2.05) is 0 Å². The highest BCUT2D eigenvalue weighted by molar-refractivity contribution is 5.22. The molecule has 12 heavy (non-hydrogen) atoms. The van der Waals surface area contributed by atoms with E-state index in [-0.39, 0.29) is 6.10 Å². The average molecular weight is 166 g/mol. The maximum absolute atomic E-state index is 10.0. The summed E-state index contributed by atoms with van der Waals surface area (Å²) < 4.78 is 0. The SMILES string of the molecule is CC12CC1[C@H](O)[C@H]1C[C@@H]2C1(C)C. The zero-order valence-corrected chi connectivity index (χ0v) is 8.17. The van der Waals surface area contributed by atoms with Crippen molar-refractivity contribution in [3.8, 4) is 0 Å². The van der Waals surface area contributed by atoms with Gasteiger partial charge in [0.1, 0.15) is 0 Å². The van der Waals surface area contributed by atoms with E-state index < -0.39 is 0 Å². The van der Waals surface area contributed by atoms with Gasteiger partial charge in [0.2, 0.25) is 0 Å². The summed E-state index contributed by atoms with van der Waals surface area (Å²) >= 11 is 0. The first-order valence-corrected chi connectivity index (χ1v) is 5.16. The number of aliphatic hydroxyl groups is 1. The molecule has 0 radical (unpaired) electrons. The lowest BCUT2D eigenvalue weighted by atomic mass is 9.44. The molecule has 2 unspecified atom stereocenters. The molecule has 4 rings (SSSR count). The van der Waals surface area contributed by atoms with Crippen molar-refractivity contribution < 1.29 is 5.11 Å². The summed E-state index contributed by atoms with van der Waals surface area (Å²) in [5.74, 6) is 2.18. The Bertz CT molecular complexity index is 241. The van der Waals surface area contributed by atoms with Crippen LogP contribution in [-0.4, -0.2) is 11.2 Å². The molecule has 0 aromatic rings. The quantitative estimate of drug-likeness (QED) is 0.584. The summed E-state index contributed by atoms with van der Waals surface area (Å²) in [6.45, 7) is 7.06. The van der Waals surface area contributed by atoms with Crippen LogP contribution in [0.4, 0.5) is 0 Å². The average Bonchev–Trinajstić information content (AvgIpc) is 2.61. The van der Waals surface area contributed by atoms with Crippen molar-refractivity contribution in [3.05, 3.63) is 0 Å². The van der Waals surface area contributed by atoms with Crippen molar-refractivity contribution in [1.82, 2.24) is 0 Å². The van der Waals surface area contributed by atoms with Crippen LogP contribution in [0.25, 0.3) is 0 Å². The third kappa shape index (κ3) is 0.527. The lowest BCUT2D eigenvalue weighted by molar-refractivity contribution is -0.171. The maximum Gasteiger partial charge on any atom is 0.0607 e. The van der Waals surface area contributed by atoms with E-state index in [0.29, 0.717) is 22.7 Å². The van der Waals surface area contributed by atoms with Crippen LogP contribution in [0.3, 0.4) is 0 Å². The Kier molecular flexibility index (Phi) is 0.991. The van der Waals surface area contributed by atoms with Crippen LogP contribution >= 0.6 is 0 Å². The molecule has 2 bridgehead atoms. The molecule has 0 heterocycles. The second-order valence-electron chi connectivity index (χ2n) is 6.02. The molecule has 0 aromatic carbocycles. The molecule has 0 spiro atoms. The molecule has 4 aliphatic carbocycles. The van der Waals surface area contributed by atoms with Gasteiger partial charge in [-0.3, -0.25) is 0 Å². The Morgan fingerprint density at radius 2 is 1.83 bits per heavy atom. The minimum Gasteiger partial charge on any atom is -0.393 e. The zero-order chi connectivity index (χ0) is 8.72. The van der Waals surface area contributed by atoms with Gasteiger partial charge in [0, 0.05) is 0 Å². The number of rotatable bonds is 0. The monoisotopic (exact) mass is 166 g/mol. The summed E-state index contributed by atoms with van der Waals surface area (Å²) in [6.07, 6.45) is 2.61. The van der Waals surface area contributed by atoms with E-state index in [4.69, 9.17) is 0 Å². The third-order valence-electron chi connectivity index (χ3n) is 5.31. The first kappa shape index (κ1) is 7.37. The van der Waals surface area contributed by atoms with E-state index >= 15 is 0 Å². The van der Waals surface area contributed by atoms with Gasteiger partial charge in [-0.15, -0.1) is 0 Å². The summed E-state index contributed by atoms with van der Waals surface area (Å²) in [4.78, 5) is 0. The molecule has 68 valence electrons. The molecule has 4 aliphatic rings. The van der Waals surface area contributed by atoms with Crippen LogP contribution < -0.4 is 0 Å². The summed E-state index contributed by atoms with van der Waals surface area (Å²) in [6, 6.07) is 0. The fourth-order valence-electron chi connectivity index (χ4n) is 4.26. The maximum atomic E-state index is 10.0. The Labute approximate surface area is 74.2 Å². The van der Waals surface area contributed by atoms with Gasteiger partial charge in [-0.2, -0.15) is 0 Å². The van der Waals surface area contributed by atoms with Crippen molar-refractivity contribution in [2.75, 3.05) is 0 Å². The molecular formula is C11H18O. The van der Waals surface area contributed by atoms with Crippen LogP contribution in [0.5, 0.6) is 0 Å². The zero-order valence-electron chi connectivity index (χ0n) is 8.17. The van der Waals surface area contributed by atoms with Crippen molar-refractivity contribution in [2.45, 2.75) is 39.7 Å². The van der Waals surface area contributed by atoms with Crippen molar-refractivity contribution in [1.29, 1.82) is 0 Å². The van der Waals surface area contributed by atoms with Crippen LogP contribution in [0.15, 0.2) is 0 Å². The van der Waals surface area contributed by atoms with Gasteiger partial charge in [0.15, 0.2) is 0 Å². The van der Waals surface area contributed by atoms with Crippen LogP contribution in [-0.2, 0) is 0 Å². The molecule has 0 aromatic heterocycles. The van der Waals surface area contributed by atoms with E-state index in [9.17, 15) is 5.11 Å². The van der Waals surface area contributed by atoms with Gasteiger partial charge >= 0.3 is 0 Å². The van der Waals surface area contributed by atoms with Crippen molar-refractivity contribution in [3.63, 3.8) is 0 Å². The summed E-state index contributed by atoms with van der Waals surface area (Å²) in [7, 11) is 0. The smallest absolute Gasteiger partial charge is 0.0607 e. The Morgan fingerprint density at radius 3 is 2.33 bits per heavy atom. The molecule has 1 heteroatoms. The van der Waals surface area contributed by atoms with Crippen LogP contribution in [0, 0.1) is 28.6 Å². The molecule has 0 amide bonds. The van der Waals surface area contributed by atoms with Crippen molar-refractivity contribution in [2.24, 2.45) is 28.6 Å². The Balaban J connectivity index is 2.01. The third-order valence-corrected chi connectivity index (χ3v) is 5.31. The highest BCUT2D eigenvalue weighted by Crippen LogP contribution is 2.77. The van der Waals surface area contributed by atoms with E-state index in [1.54, 1.807) is 0 Å². The molecule has 0 saturated heterocycles. The molecular weight excluding hydrogens is 148 g/mol. The number of aliphatic hydroxyl groups excluding tert-OH is 1. The first-order valence-electron chi connectivity index (χ1n) is 5.16. The fraction of sp³-hybridized carbons (Fsp3) is 1.00. The first-order chi connectivity index (χ1) is 5.48. The summed E-state index contributed by atoms with van der Waals surface area (Å²) in [5, 5.41) is 10.0. The van der Waals surface area contributed by atoms with Gasteiger partial charge < -0.3 is 5.11 Å². The van der Waals surface area contributed by atoms with E-state index in [1.165, 1.54) is 12.8 Å². The lowest BCUT2D eigenvalue weighted by Crippen LogP contribution is -2.58. The normalized spacial score (nSPS) is 65.0. The second-order valence-corrected chi connectivity index (χ2v) is 6.02. The van der Waals surface area contributed by atoms with Gasteiger partial charge in [0.25, 0.3) is 0 Å². The molecule has 4 fully saturated rings. The van der Waals surface area contributed by atoms with Gasteiger partial charge in [-0.25, -0.2) is 0 Å². The standard InChI is InChI=1S/C11H18O/c1-10(2)6-4-8(10)11(3)5-7(11)9(6)12/h6-9,12H,4-5H2,1-3H3/t6-,7?,8-,9-,11?/m1/s1. The highest BCUT2D eigenvalue weighted by Gasteiger charge is 2.74. The van der Waals surface area contributed by atoms with E-state index in [2.05, 4.69) is 20.8 Å². The molecule has 1 nitrogen and oxygen atoms in total. The second kappa shape index (κ2) is 1.61. The topological polar surface area (TPSA) is 20.2 Å². The summed E-state index contributed by atoms with van der Waals surface area (Å²) in [5.41, 5.74) is 0.957. The molecule has 0 aliphatic heterocycles. The largest absolute Gasteiger partial charge is 0.393 e. The van der Waals surface area contributed by atoms with Crippen LogP contribution in [0.1, 0.15) is 33.6 Å². The molecule has 5 atom stereocenters. The number of hydrogen-bond donors (Lipinski definition) is 1. The lowest BCUT2D eigenvalue weighted by Gasteiger charge is -2.61. The minimum absolute atomic E-state index is 0.0231. The van der Waals surface area contributed by atoms with Gasteiger partial charge in [-0.05, 0) is 41.4 Å². The van der Waals surface area contributed by atoms with E-state index in [0.717, 1.165) is 5.92 Å². The molecule has 1 N–H and O–H groups in total. The Morgan fingerprint density at radius 1 is 1.17 bits per heavy atom. The predicted octanol–water partition coefficient (Wildman–Crippen LogP) is 2.05. The highest BCUT2D eigenvalue weighted by atomic mass is 16.3. The van der Waals surface area contributed by atoms with Gasteiger partial charge in [-0.1, -0.05) is 20.8 Å².